The van der Waals surface area contributed by atoms with Gasteiger partial charge in [0.1, 0.15) is 0 Å². The van der Waals surface area contributed by atoms with Crippen LogP contribution in [0.3, 0.4) is 0 Å². The van der Waals surface area contributed by atoms with Crippen LogP contribution in [-0.2, 0) is 0 Å². The van der Waals surface area contributed by atoms with Crippen molar-refractivity contribution >= 4 is 0 Å². The number of hydrogen-bond donors (Lipinski definition) is 0. The summed E-state index contributed by atoms with van der Waals surface area (Å²) in [6.45, 7) is 4.86. The zero-order chi connectivity index (χ0) is 17.7. The molecule has 0 radical (unpaired) electrons. The van der Waals surface area contributed by atoms with E-state index in [9.17, 15) is 0 Å². The Labute approximate surface area is 154 Å². The minimum absolute atomic E-state index is 0.645. The molecule has 1 nitrogen and oxygen atoms in total. The van der Waals surface area contributed by atoms with Gasteiger partial charge in [-0.3, -0.25) is 0 Å². The van der Waals surface area contributed by atoms with Crippen molar-refractivity contribution in [1.29, 1.82) is 5.26 Å². The van der Waals surface area contributed by atoms with Crippen LogP contribution in [0.15, 0.2) is 24.3 Å². The van der Waals surface area contributed by atoms with Gasteiger partial charge in [-0.05, 0) is 98.7 Å². The van der Waals surface area contributed by atoms with Gasteiger partial charge in [-0.15, -0.1) is 0 Å². The Kier molecular flexibility index (Phi) is 6.21. The Morgan fingerprint density at radius 3 is 2.12 bits per heavy atom. The summed E-state index contributed by atoms with van der Waals surface area (Å²) in [5.74, 6) is 2.70. The zero-order valence-corrected chi connectivity index (χ0v) is 16.3. The lowest BCUT2D eigenvalue weighted by Crippen LogP contribution is -2.30. The second kappa shape index (κ2) is 8.39. The summed E-state index contributed by atoms with van der Waals surface area (Å²) in [6.07, 6.45) is 15.6. The summed E-state index contributed by atoms with van der Waals surface area (Å²) in [6, 6.07) is 10.6. The lowest BCUT2D eigenvalue weighted by Gasteiger charge is -2.42. The van der Waals surface area contributed by atoms with Gasteiger partial charge in [0, 0.05) is 0 Å². The molecule has 1 aromatic rings. The number of unbranched alkanes of at least 4 members (excludes halogenated alkanes) is 1. The van der Waals surface area contributed by atoms with Crippen molar-refractivity contribution in [3.8, 4) is 6.07 Å². The van der Waals surface area contributed by atoms with Gasteiger partial charge in [0.15, 0.2) is 0 Å². The van der Waals surface area contributed by atoms with Crippen LogP contribution in [0.2, 0.25) is 0 Å². The molecule has 0 amide bonds. The SMILES string of the molecule is CCCCC1(C)CCC(C2CCC(c3ccc(C#N)cc3)CC2)CC1. The zero-order valence-electron chi connectivity index (χ0n) is 16.3. The predicted octanol–water partition coefficient (Wildman–Crippen LogP) is 7.22. The predicted molar refractivity (Wildman–Crippen MR) is 105 cm³/mol. The van der Waals surface area contributed by atoms with E-state index in [1.807, 2.05) is 12.1 Å². The molecule has 25 heavy (non-hydrogen) atoms. The number of nitrogens with zero attached hydrogens (tertiary/aromatic N) is 1. The van der Waals surface area contributed by atoms with E-state index in [1.165, 1.54) is 76.2 Å². The van der Waals surface area contributed by atoms with Crippen molar-refractivity contribution in [1.82, 2.24) is 0 Å². The molecule has 0 heterocycles. The molecule has 0 N–H and O–H groups in total. The Balaban J connectivity index is 1.47. The van der Waals surface area contributed by atoms with Crippen LogP contribution in [0.1, 0.15) is 102 Å². The molecule has 0 atom stereocenters. The molecule has 0 saturated heterocycles. The van der Waals surface area contributed by atoms with Gasteiger partial charge in [-0.2, -0.15) is 5.26 Å². The second-order valence-electron chi connectivity index (χ2n) is 9.10. The van der Waals surface area contributed by atoms with Crippen LogP contribution < -0.4 is 0 Å². The monoisotopic (exact) mass is 337 g/mol. The van der Waals surface area contributed by atoms with Gasteiger partial charge >= 0.3 is 0 Å². The lowest BCUT2D eigenvalue weighted by molar-refractivity contribution is 0.103. The van der Waals surface area contributed by atoms with Gasteiger partial charge in [0.05, 0.1) is 11.6 Å². The maximum atomic E-state index is 8.95. The fourth-order valence-electron chi connectivity index (χ4n) is 5.42. The van der Waals surface area contributed by atoms with Crippen LogP contribution in [0, 0.1) is 28.6 Å². The fraction of sp³-hybridized carbons (Fsp3) is 0.708. The van der Waals surface area contributed by atoms with E-state index >= 15 is 0 Å². The van der Waals surface area contributed by atoms with E-state index in [2.05, 4.69) is 32.0 Å². The van der Waals surface area contributed by atoms with E-state index in [0.717, 1.165) is 23.3 Å². The maximum Gasteiger partial charge on any atom is 0.0991 e. The molecular weight excluding hydrogens is 302 g/mol. The molecule has 1 aromatic carbocycles. The molecule has 136 valence electrons. The molecule has 0 spiro atoms. The highest BCUT2D eigenvalue weighted by Gasteiger charge is 2.35. The molecule has 1 heteroatoms. The average molecular weight is 338 g/mol. The second-order valence-corrected chi connectivity index (χ2v) is 9.10. The molecule has 2 saturated carbocycles. The number of rotatable bonds is 5. The summed E-state index contributed by atoms with van der Waals surface area (Å²) < 4.78 is 0. The average Bonchev–Trinajstić information content (AvgIpc) is 2.67. The normalized spacial score (nSPS) is 32.9. The number of benzene rings is 1. The number of hydrogen-bond acceptors (Lipinski definition) is 1. The van der Waals surface area contributed by atoms with Gasteiger partial charge in [-0.25, -0.2) is 0 Å². The van der Waals surface area contributed by atoms with Crippen molar-refractivity contribution in [3.63, 3.8) is 0 Å². The highest BCUT2D eigenvalue weighted by atomic mass is 14.4. The first-order chi connectivity index (χ1) is 12.1. The molecule has 3 rings (SSSR count). The topological polar surface area (TPSA) is 23.8 Å². The van der Waals surface area contributed by atoms with Crippen molar-refractivity contribution in [2.45, 2.75) is 90.4 Å². The minimum Gasteiger partial charge on any atom is -0.192 e. The van der Waals surface area contributed by atoms with Crippen LogP contribution in [-0.4, -0.2) is 0 Å². The summed E-state index contributed by atoms with van der Waals surface area (Å²) in [5, 5.41) is 8.95. The van der Waals surface area contributed by atoms with Crippen molar-refractivity contribution in [3.05, 3.63) is 35.4 Å². The summed E-state index contributed by atoms with van der Waals surface area (Å²) in [4.78, 5) is 0. The minimum atomic E-state index is 0.645. The van der Waals surface area contributed by atoms with E-state index in [-0.39, 0.29) is 0 Å². The highest BCUT2D eigenvalue weighted by Crippen LogP contribution is 2.48. The molecule has 0 aliphatic heterocycles. The van der Waals surface area contributed by atoms with Crippen molar-refractivity contribution < 1.29 is 0 Å². The highest BCUT2D eigenvalue weighted by molar-refractivity contribution is 5.33. The van der Waals surface area contributed by atoms with Crippen molar-refractivity contribution in [2.24, 2.45) is 17.3 Å². The Bertz CT molecular complexity index is 563. The first kappa shape index (κ1) is 18.5. The standard InChI is InChI=1S/C24H35N/c1-3-4-15-24(2)16-13-23(14-17-24)22-11-9-21(10-12-22)20-7-5-19(18-25)6-8-20/h5-8,21-23H,3-4,9-17H2,1-2H3. The van der Waals surface area contributed by atoms with Gasteiger partial charge in [0.2, 0.25) is 0 Å². The van der Waals surface area contributed by atoms with Crippen LogP contribution in [0.4, 0.5) is 0 Å². The Morgan fingerprint density at radius 1 is 0.960 bits per heavy atom. The smallest absolute Gasteiger partial charge is 0.0991 e. The van der Waals surface area contributed by atoms with Gasteiger partial charge < -0.3 is 0 Å². The first-order valence-corrected chi connectivity index (χ1v) is 10.6. The Morgan fingerprint density at radius 2 is 1.56 bits per heavy atom. The number of nitriles is 1. The van der Waals surface area contributed by atoms with Gasteiger partial charge in [-0.1, -0.05) is 38.8 Å². The summed E-state index contributed by atoms with van der Waals surface area (Å²) in [7, 11) is 0. The molecule has 2 fully saturated rings. The third-order valence-corrected chi connectivity index (χ3v) is 7.32. The van der Waals surface area contributed by atoms with Gasteiger partial charge in [0.25, 0.3) is 0 Å². The molecule has 2 aliphatic rings. The summed E-state index contributed by atoms with van der Waals surface area (Å²) >= 11 is 0. The lowest BCUT2D eigenvalue weighted by atomic mass is 9.63. The molecular formula is C24H35N. The van der Waals surface area contributed by atoms with Crippen molar-refractivity contribution in [2.75, 3.05) is 0 Å². The van der Waals surface area contributed by atoms with Crippen LogP contribution in [0.5, 0.6) is 0 Å². The summed E-state index contributed by atoms with van der Waals surface area (Å²) in [5.41, 5.74) is 2.88. The largest absolute Gasteiger partial charge is 0.192 e. The third kappa shape index (κ3) is 4.66. The quantitative estimate of drug-likeness (QED) is 0.556. The molecule has 0 aromatic heterocycles. The van der Waals surface area contributed by atoms with Crippen LogP contribution in [0.25, 0.3) is 0 Å². The first-order valence-electron chi connectivity index (χ1n) is 10.6. The van der Waals surface area contributed by atoms with E-state index < -0.39 is 0 Å². The molecule has 0 bridgehead atoms. The van der Waals surface area contributed by atoms with E-state index in [1.54, 1.807) is 0 Å². The van der Waals surface area contributed by atoms with Crippen LogP contribution >= 0.6 is 0 Å². The van der Waals surface area contributed by atoms with E-state index in [4.69, 9.17) is 5.26 Å². The Hall–Kier alpha value is -1.29. The molecule has 0 unspecified atom stereocenters. The van der Waals surface area contributed by atoms with E-state index in [0.29, 0.717) is 5.41 Å². The fourth-order valence-corrected chi connectivity index (χ4v) is 5.42. The molecule has 2 aliphatic carbocycles. The third-order valence-electron chi connectivity index (χ3n) is 7.32. The maximum absolute atomic E-state index is 8.95.